The van der Waals surface area contributed by atoms with E-state index >= 15 is 0 Å². The standard InChI is InChI=1S/C9H11NO2/c1-5(6-2-3-6)7-4-8(11)10-9(7)12/h6H,2-4H2,1H3,(H,10,11,12). The van der Waals surface area contributed by atoms with E-state index in [1.54, 1.807) is 0 Å². The summed E-state index contributed by atoms with van der Waals surface area (Å²) in [4.78, 5) is 22.0. The van der Waals surface area contributed by atoms with Crippen LogP contribution in [0.2, 0.25) is 0 Å². The van der Waals surface area contributed by atoms with Crippen LogP contribution in [0.15, 0.2) is 11.1 Å². The molecule has 2 amide bonds. The van der Waals surface area contributed by atoms with Crippen LogP contribution in [0.4, 0.5) is 0 Å². The Labute approximate surface area is 70.8 Å². The predicted octanol–water partition coefficient (Wildman–Crippen LogP) is 0.759. The molecular formula is C9H11NO2. The van der Waals surface area contributed by atoms with Crippen molar-refractivity contribution in [1.82, 2.24) is 5.32 Å². The first-order valence-electron chi connectivity index (χ1n) is 4.22. The van der Waals surface area contributed by atoms with Crippen molar-refractivity contribution in [3.05, 3.63) is 11.1 Å². The van der Waals surface area contributed by atoms with Gasteiger partial charge in [0.25, 0.3) is 5.91 Å². The maximum Gasteiger partial charge on any atom is 0.254 e. The van der Waals surface area contributed by atoms with Crippen LogP contribution in [0.1, 0.15) is 26.2 Å². The van der Waals surface area contributed by atoms with E-state index in [9.17, 15) is 9.59 Å². The molecule has 2 rings (SSSR count). The van der Waals surface area contributed by atoms with Gasteiger partial charge < -0.3 is 0 Å². The number of carbonyl (C=O) groups excluding carboxylic acids is 2. The van der Waals surface area contributed by atoms with Gasteiger partial charge in [-0.15, -0.1) is 0 Å². The van der Waals surface area contributed by atoms with Crippen LogP contribution >= 0.6 is 0 Å². The zero-order valence-electron chi connectivity index (χ0n) is 7.02. The van der Waals surface area contributed by atoms with E-state index in [4.69, 9.17) is 0 Å². The normalized spacial score (nSPS) is 27.4. The molecule has 2 aliphatic rings. The molecule has 1 N–H and O–H groups in total. The lowest BCUT2D eigenvalue weighted by Gasteiger charge is -1.99. The van der Waals surface area contributed by atoms with E-state index in [0.29, 0.717) is 17.9 Å². The van der Waals surface area contributed by atoms with Crippen molar-refractivity contribution in [3.8, 4) is 0 Å². The van der Waals surface area contributed by atoms with Gasteiger partial charge in [-0.05, 0) is 25.7 Å². The lowest BCUT2D eigenvalue weighted by molar-refractivity contribution is -0.124. The number of amides is 2. The zero-order valence-corrected chi connectivity index (χ0v) is 7.02. The number of nitrogens with one attached hydrogen (secondary N) is 1. The highest BCUT2D eigenvalue weighted by molar-refractivity contribution is 6.13. The summed E-state index contributed by atoms with van der Waals surface area (Å²) in [6, 6.07) is 0. The van der Waals surface area contributed by atoms with Crippen LogP contribution in [0.3, 0.4) is 0 Å². The number of hydrogen-bond acceptors (Lipinski definition) is 2. The minimum absolute atomic E-state index is 0.157. The van der Waals surface area contributed by atoms with Gasteiger partial charge in [-0.3, -0.25) is 14.9 Å². The van der Waals surface area contributed by atoms with E-state index < -0.39 is 0 Å². The van der Waals surface area contributed by atoms with Crippen molar-refractivity contribution in [1.29, 1.82) is 0 Å². The summed E-state index contributed by atoms with van der Waals surface area (Å²) in [7, 11) is 0. The van der Waals surface area contributed by atoms with Gasteiger partial charge in [0.15, 0.2) is 0 Å². The summed E-state index contributed by atoms with van der Waals surface area (Å²) in [6.45, 7) is 1.96. The Hall–Kier alpha value is -1.12. The summed E-state index contributed by atoms with van der Waals surface area (Å²) < 4.78 is 0. The molecule has 1 aliphatic heterocycles. The Morgan fingerprint density at radius 1 is 1.42 bits per heavy atom. The van der Waals surface area contributed by atoms with Crippen molar-refractivity contribution >= 4 is 11.8 Å². The molecule has 2 fully saturated rings. The maximum atomic E-state index is 11.2. The molecule has 0 aromatic rings. The monoisotopic (exact) mass is 165 g/mol. The lowest BCUT2D eigenvalue weighted by atomic mass is 10.0. The van der Waals surface area contributed by atoms with E-state index in [2.05, 4.69) is 5.32 Å². The molecule has 64 valence electrons. The molecule has 1 aliphatic carbocycles. The van der Waals surface area contributed by atoms with Gasteiger partial charge in [0.05, 0.1) is 6.42 Å². The number of imide groups is 1. The SMILES string of the molecule is CC(=C1CC(=O)NC1=O)C1CC1. The second-order valence-corrected chi connectivity index (χ2v) is 3.49. The van der Waals surface area contributed by atoms with Gasteiger partial charge in [-0.1, -0.05) is 5.57 Å². The van der Waals surface area contributed by atoms with E-state index in [1.807, 2.05) is 6.92 Å². The van der Waals surface area contributed by atoms with Crippen LogP contribution in [0.5, 0.6) is 0 Å². The van der Waals surface area contributed by atoms with Crippen molar-refractivity contribution in [2.45, 2.75) is 26.2 Å². The summed E-state index contributed by atoms with van der Waals surface area (Å²) in [5.41, 5.74) is 1.83. The fraction of sp³-hybridized carbons (Fsp3) is 0.556. The molecule has 1 heterocycles. The Bertz CT molecular complexity index is 287. The van der Waals surface area contributed by atoms with Crippen LogP contribution < -0.4 is 5.32 Å². The molecule has 12 heavy (non-hydrogen) atoms. The highest BCUT2D eigenvalue weighted by atomic mass is 16.2. The van der Waals surface area contributed by atoms with Crippen molar-refractivity contribution in [2.24, 2.45) is 5.92 Å². The van der Waals surface area contributed by atoms with Crippen LogP contribution in [0.25, 0.3) is 0 Å². The molecule has 0 bridgehead atoms. The summed E-state index contributed by atoms with van der Waals surface area (Å²) in [6.07, 6.45) is 2.65. The zero-order chi connectivity index (χ0) is 8.72. The smallest absolute Gasteiger partial charge is 0.254 e. The summed E-state index contributed by atoms with van der Waals surface area (Å²) >= 11 is 0. The molecule has 0 atom stereocenters. The fourth-order valence-electron chi connectivity index (χ4n) is 1.57. The highest BCUT2D eigenvalue weighted by Gasteiger charge is 2.32. The third-order valence-electron chi connectivity index (χ3n) is 2.53. The minimum Gasteiger partial charge on any atom is -0.292 e. The quantitative estimate of drug-likeness (QED) is 0.460. The minimum atomic E-state index is -0.176. The molecule has 3 heteroatoms. The molecule has 0 radical (unpaired) electrons. The largest absolute Gasteiger partial charge is 0.292 e. The van der Waals surface area contributed by atoms with E-state index in [1.165, 1.54) is 12.8 Å². The topological polar surface area (TPSA) is 46.2 Å². The molecule has 0 unspecified atom stereocenters. The molecule has 0 spiro atoms. The average molecular weight is 165 g/mol. The Kier molecular flexibility index (Phi) is 1.53. The van der Waals surface area contributed by atoms with Crippen LogP contribution in [-0.4, -0.2) is 11.8 Å². The molecular weight excluding hydrogens is 154 g/mol. The molecule has 3 nitrogen and oxygen atoms in total. The molecule has 1 saturated carbocycles. The second kappa shape index (κ2) is 2.44. The van der Waals surface area contributed by atoms with E-state index in [-0.39, 0.29) is 11.8 Å². The van der Waals surface area contributed by atoms with Gasteiger partial charge in [0.1, 0.15) is 0 Å². The van der Waals surface area contributed by atoms with Crippen molar-refractivity contribution in [2.75, 3.05) is 0 Å². The first-order valence-corrected chi connectivity index (χ1v) is 4.22. The molecule has 0 aromatic carbocycles. The highest BCUT2D eigenvalue weighted by Crippen LogP contribution is 2.38. The molecule has 0 aromatic heterocycles. The Morgan fingerprint density at radius 3 is 2.50 bits per heavy atom. The maximum absolute atomic E-state index is 11.2. The summed E-state index contributed by atoms with van der Waals surface area (Å²) in [5, 5.41) is 2.29. The number of rotatable bonds is 1. The van der Waals surface area contributed by atoms with Gasteiger partial charge >= 0.3 is 0 Å². The second-order valence-electron chi connectivity index (χ2n) is 3.49. The van der Waals surface area contributed by atoms with Gasteiger partial charge in [0.2, 0.25) is 5.91 Å². The lowest BCUT2D eigenvalue weighted by Crippen LogP contribution is -2.19. The Balaban J connectivity index is 2.26. The molecule has 1 saturated heterocycles. The van der Waals surface area contributed by atoms with E-state index in [0.717, 1.165) is 5.57 Å². The van der Waals surface area contributed by atoms with Crippen molar-refractivity contribution < 1.29 is 9.59 Å². The first-order chi connectivity index (χ1) is 5.68. The van der Waals surface area contributed by atoms with Crippen LogP contribution in [-0.2, 0) is 9.59 Å². The third kappa shape index (κ3) is 1.15. The first kappa shape index (κ1) is 7.53. The predicted molar refractivity (Wildman–Crippen MR) is 43.2 cm³/mol. The van der Waals surface area contributed by atoms with Crippen molar-refractivity contribution in [3.63, 3.8) is 0 Å². The van der Waals surface area contributed by atoms with Gasteiger partial charge in [-0.2, -0.15) is 0 Å². The third-order valence-corrected chi connectivity index (χ3v) is 2.53. The van der Waals surface area contributed by atoms with Crippen LogP contribution in [0, 0.1) is 5.92 Å². The number of hydrogen-bond donors (Lipinski definition) is 1. The number of allylic oxidation sites excluding steroid dienone is 1. The Morgan fingerprint density at radius 2 is 2.08 bits per heavy atom. The van der Waals surface area contributed by atoms with Gasteiger partial charge in [0, 0.05) is 5.57 Å². The van der Waals surface area contributed by atoms with Gasteiger partial charge in [-0.25, -0.2) is 0 Å². The number of carbonyl (C=O) groups is 2. The fourth-order valence-corrected chi connectivity index (χ4v) is 1.57. The average Bonchev–Trinajstić information content (AvgIpc) is 2.77. The summed E-state index contributed by atoms with van der Waals surface area (Å²) in [5.74, 6) is 0.246.